The number of carbonyl (C=O) groups is 1. The highest BCUT2D eigenvalue weighted by atomic mass is 16.3. The summed E-state index contributed by atoms with van der Waals surface area (Å²) < 4.78 is 0. The Kier molecular flexibility index (Phi) is 6.28. The van der Waals surface area contributed by atoms with Gasteiger partial charge in [0.25, 0.3) is 5.91 Å². The Balaban J connectivity index is 1.62. The maximum absolute atomic E-state index is 12.5. The average molecular weight is 354 g/mol. The molecule has 3 atom stereocenters. The van der Waals surface area contributed by atoms with E-state index >= 15 is 0 Å². The minimum absolute atomic E-state index is 0.190. The van der Waals surface area contributed by atoms with Gasteiger partial charge in [-0.2, -0.15) is 0 Å². The van der Waals surface area contributed by atoms with Gasteiger partial charge >= 0.3 is 0 Å². The molecule has 0 aromatic heterocycles. The molecule has 0 saturated heterocycles. The minimum Gasteiger partial charge on any atom is -0.382 e. The van der Waals surface area contributed by atoms with Crippen molar-refractivity contribution in [3.63, 3.8) is 0 Å². The van der Waals surface area contributed by atoms with Gasteiger partial charge in [0, 0.05) is 6.04 Å². The van der Waals surface area contributed by atoms with Gasteiger partial charge in [-0.3, -0.25) is 4.79 Å². The van der Waals surface area contributed by atoms with Gasteiger partial charge in [-0.15, -0.1) is 0 Å². The Morgan fingerprint density at radius 2 is 1.85 bits per heavy atom. The third kappa shape index (κ3) is 4.43. The Bertz CT molecular complexity index is 735. The standard InChI is InChI=1S/C22H30N2O2/c1-15(18-13-7-11-17-10-5-6-12-19(17)18)24-22(26)21(25)20(23)14-16-8-3-2-4-9-16/h5-7,10-13,15-16,20-21,25H,2-4,8-9,14,23H2,1H3,(H,24,26). The highest BCUT2D eigenvalue weighted by Crippen LogP contribution is 2.28. The van der Waals surface area contributed by atoms with Crippen molar-refractivity contribution < 1.29 is 9.90 Å². The Labute approximate surface area is 155 Å². The van der Waals surface area contributed by atoms with Crippen LogP contribution in [0.5, 0.6) is 0 Å². The highest BCUT2D eigenvalue weighted by molar-refractivity contribution is 5.87. The van der Waals surface area contributed by atoms with Crippen molar-refractivity contribution in [2.24, 2.45) is 11.7 Å². The summed E-state index contributed by atoms with van der Waals surface area (Å²) in [6.45, 7) is 1.94. The predicted octanol–water partition coefficient (Wildman–Crippen LogP) is 3.68. The fraction of sp³-hybridized carbons (Fsp3) is 0.500. The second-order valence-corrected chi connectivity index (χ2v) is 7.65. The summed E-state index contributed by atoms with van der Waals surface area (Å²) in [7, 11) is 0. The van der Waals surface area contributed by atoms with Crippen LogP contribution in [0, 0.1) is 5.92 Å². The number of benzene rings is 2. The zero-order valence-corrected chi connectivity index (χ0v) is 15.5. The van der Waals surface area contributed by atoms with Crippen LogP contribution in [0.3, 0.4) is 0 Å². The molecule has 0 spiro atoms. The monoisotopic (exact) mass is 354 g/mol. The fourth-order valence-electron chi connectivity index (χ4n) is 4.14. The normalized spacial score (nSPS) is 19.0. The van der Waals surface area contributed by atoms with E-state index in [1.165, 1.54) is 19.3 Å². The third-order valence-corrected chi connectivity index (χ3v) is 5.65. The van der Waals surface area contributed by atoms with Gasteiger partial charge < -0.3 is 16.2 Å². The SMILES string of the molecule is CC(NC(=O)C(O)C(N)CC1CCCCC1)c1cccc2ccccc12. The second-order valence-electron chi connectivity index (χ2n) is 7.65. The van der Waals surface area contributed by atoms with E-state index in [9.17, 15) is 9.90 Å². The summed E-state index contributed by atoms with van der Waals surface area (Å²) >= 11 is 0. The number of hydrogen-bond donors (Lipinski definition) is 3. The lowest BCUT2D eigenvalue weighted by molar-refractivity contribution is -0.131. The molecule has 140 valence electrons. The Morgan fingerprint density at radius 3 is 2.62 bits per heavy atom. The van der Waals surface area contributed by atoms with Crippen LogP contribution >= 0.6 is 0 Å². The van der Waals surface area contributed by atoms with Crippen molar-refractivity contribution in [3.05, 3.63) is 48.0 Å². The summed E-state index contributed by atoms with van der Waals surface area (Å²) in [6, 6.07) is 13.5. The first-order valence-electron chi connectivity index (χ1n) is 9.78. The lowest BCUT2D eigenvalue weighted by Gasteiger charge is -2.27. The lowest BCUT2D eigenvalue weighted by atomic mass is 9.84. The van der Waals surface area contributed by atoms with Crippen LogP contribution in [-0.2, 0) is 4.79 Å². The first kappa shape index (κ1) is 18.9. The number of hydrogen-bond acceptors (Lipinski definition) is 3. The van der Waals surface area contributed by atoms with Crippen molar-refractivity contribution in [3.8, 4) is 0 Å². The molecule has 26 heavy (non-hydrogen) atoms. The van der Waals surface area contributed by atoms with Gasteiger partial charge in [0.2, 0.25) is 0 Å². The first-order chi connectivity index (χ1) is 12.6. The van der Waals surface area contributed by atoms with Crippen molar-refractivity contribution in [2.45, 2.75) is 63.6 Å². The molecule has 3 unspecified atom stereocenters. The van der Waals surface area contributed by atoms with E-state index in [1.807, 2.05) is 31.2 Å². The summed E-state index contributed by atoms with van der Waals surface area (Å²) in [5.74, 6) is 0.158. The van der Waals surface area contributed by atoms with Crippen LogP contribution in [0.1, 0.15) is 57.1 Å². The van der Waals surface area contributed by atoms with Crippen molar-refractivity contribution >= 4 is 16.7 Å². The molecule has 1 amide bonds. The van der Waals surface area contributed by atoms with Crippen molar-refractivity contribution in [2.75, 3.05) is 0 Å². The van der Waals surface area contributed by atoms with E-state index in [0.717, 1.165) is 35.6 Å². The number of aliphatic hydroxyl groups is 1. The topological polar surface area (TPSA) is 75.3 Å². The number of amides is 1. The van der Waals surface area contributed by atoms with E-state index < -0.39 is 12.1 Å². The molecule has 2 aromatic carbocycles. The number of aliphatic hydroxyl groups excluding tert-OH is 1. The van der Waals surface area contributed by atoms with Gasteiger partial charge in [0.15, 0.2) is 0 Å². The summed E-state index contributed by atoms with van der Waals surface area (Å²) in [6.07, 6.45) is 5.64. The predicted molar refractivity (Wildman–Crippen MR) is 106 cm³/mol. The van der Waals surface area contributed by atoms with E-state index in [2.05, 4.69) is 23.5 Å². The molecule has 0 radical (unpaired) electrons. The van der Waals surface area contributed by atoms with Crippen molar-refractivity contribution in [1.82, 2.24) is 5.32 Å². The molecular weight excluding hydrogens is 324 g/mol. The smallest absolute Gasteiger partial charge is 0.250 e. The number of nitrogens with one attached hydrogen (secondary N) is 1. The molecule has 3 rings (SSSR count). The highest BCUT2D eigenvalue weighted by Gasteiger charge is 2.27. The van der Waals surface area contributed by atoms with E-state index in [0.29, 0.717) is 5.92 Å². The van der Waals surface area contributed by atoms with Crippen LogP contribution in [0.15, 0.2) is 42.5 Å². The average Bonchev–Trinajstić information content (AvgIpc) is 2.67. The van der Waals surface area contributed by atoms with Crippen LogP contribution in [0.4, 0.5) is 0 Å². The number of nitrogens with two attached hydrogens (primary N) is 1. The maximum Gasteiger partial charge on any atom is 0.250 e. The van der Waals surface area contributed by atoms with Gasteiger partial charge in [0.1, 0.15) is 6.10 Å². The third-order valence-electron chi connectivity index (χ3n) is 5.65. The molecular formula is C22H30N2O2. The van der Waals surface area contributed by atoms with E-state index in [-0.39, 0.29) is 11.9 Å². The minimum atomic E-state index is -1.16. The molecule has 0 bridgehead atoms. The van der Waals surface area contributed by atoms with Crippen molar-refractivity contribution in [1.29, 1.82) is 0 Å². The van der Waals surface area contributed by atoms with E-state index in [4.69, 9.17) is 5.73 Å². The van der Waals surface area contributed by atoms with Crippen LogP contribution in [0.2, 0.25) is 0 Å². The van der Waals surface area contributed by atoms with Crippen LogP contribution < -0.4 is 11.1 Å². The summed E-state index contributed by atoms with van der Waals surface area (Å²) in [5, 5.41) is 15.6. The quantitative estimate of drug-likeness (QED) is 0.741. The first-order valence-corrected chi connectivity index (χ1v) is 9.78. The van der Waals surface area contributed by atoms with Crippen LogP contribution in [0.25, 0.3) is 10.8 Å². The van der Waals surface area contributed by atoms with Crippen LogP contribution in [-0.4, -0.2) is 23.2 Å². The zero-order chi connectivity index (χ0) is 18.5. The van der Waals surface area contributed by atoms with Gasteiger partial charge in [-0.05, 0) is 35.6 Å². The Hall–Kier alpha value is -1.91. The maximum atomic E-state index is 12.5. The zero-order valence-electron chi connectivity index (χ0n) is 15.5. The Morgan fingerprint density at radius 1 is 1.15 bits per heavy atom. The lowest BCUT2D eigenvalue weighted by Crippen LogP contribution is -2.47. The largest absolute Gasteiger partial charge is 0.382 e. The molecule has 2 aromatic rings. The van der Waals surface area contributed by atoms with Gasteiger partial charge in [-0.25, -0.2) is 0 Å². The summed E-state index contributed by atoms with van der Waals surface area (Å²) in [5.41, 5.74) is 7.19. The molecule has 4 nitrogen and oxygen atoms in total. The number of carbonyl (C=O) groups excluding carboxylic acids is 1. The molecule has 0 heterocycles. The van der Waals surface area contributed by atoms with Gasteiger partial charge in [0.05, 0.1) is 6.04 Å². The van der Waals surface area contributed by atoms with Gasteiger partial charge in [-0.1, -0.05) is 74.6 Å². The number of fused-ring (bicyclic) bond motifs is 1. The molecule has 4 heteroatoms. The molecule has 4 N–H and O–H groups in total. The molecule has 0 aliphatic heterocycles. The molecule has 1 saturated carbocycles. The fourth-order valence-corrected chi connectivity index (χ4v) is 4.14. The summed E-state index contributed by atoms with van der Waals surface area (Å²) in [4.78, 5) is 12.5. The molecule has 1 aliphatic carbocycles. The molecule has 1 fully saturated rings. The number of rotatable bonds is 6. The molecule has 1 aliphatic rings. The van der Waals surface area contributed by atoms with E-state index in [1.54, 1.807) is 0 Å². The second kappa shape index (κ2) is 8.65.